The quantitative estimate of drug-likeness (QED) is 0.0578. The minimum absolute atomic E-state index is 0.0291. The molecule has 2 aromatic carbocycles. The molecule has 0 radical (unpaired) electrons. The molecule has 4 aliphatic rings. The number of hydrogen-bond donors (Lipinski definition) is 9. The van der Waals surface area contributed by atoms with Gasteiger partial charge in [-0.1, -0.05) is 45.9 Å². The molecule has 23 nitrogen and oxygen atoms in total. The number of hydrogen-bond acceptors (Lipinski definition) is 20. The highest BCUT2D eigenvalue weighted by atomic mass is 16.7. The van der Waals surface area contributed by atoms with Crippen molar-refractivity contribution in [3.8, 4) is 23.0 Å². The van der Waals surface area contributed by atoms with Gasteiger partial charge in [0.25, 0.3) is 11.7 Å². The number of nitrogens with one attached hydrogen (secondary N) is 1. The number of aromatic nitrogens is 4. The summed E-state index contributed by atoms with van der Waals surface area (Å²) in [4.78, 5) is 63.1. The molecule has 0 saturated carbocycles. The number of benzene rings is 2. The fourth-order valence-electron chi connectivity index (χ4n) is 9.27. The van der Waals surface area contributed by atoms with Crippen molar-refractivity contribution >= 4 is 51.5 Å². The predicted octanol–water partition coefficient (Wildman–Crippen LogP) is 2.15. The van der Waals surface area contributed by atoms with Gasteiger partial charge in [0.2, 0.25) is 0 Å². The van der Waals surface area contributed by atoms with E-state index in [2.05, 4.69) is 20.4 Å². The van der Waals surface area contributed by atoms with Crippen LogP contribution in [-0.4, -0.2) is 146 Å². The normalized spacial score (nSPS) is 32.5. The van der Waals surface area contributed by atoms with E-state index in [0.717, 1.165) is 25.1 Å². The van der Waals surface area contributed by atoms with Gasteiger partial charge in [-0.25, -0.2) is 9.97 Å². The number of Topliss-reactive ketones (excluding diaryl/α,β-unsaturated/α-hetero) is 1. The fourth-order valence-corrected chi connectivity index (χ4v) is 9.27. The molecule has 6 heterocycles. The Morgan fingerprint density at radius 1 is 0.915 bits per heavy atom. The molecule has 1 saturated heterocycles. The highest BCUT2D eigenvalue weighted by Crippen LogP contribution is 2.55. The molecule has 4 aromatic rings. The Morgan fingerprint density at radius 2 is 1.62 bits per heavy atom. The van der Waals surface area contributed by atoms with Gasteiger partial charge in [-0.05, 0) is 19.9 Å². The van der Waals surface area contributed by atoms with E-state index < -0.39 is 148 Å². The largest absolute Gasteiger partial charge is 0.507 e. The van der Waals surface area contributed by atoms with E-state index in [4.69, 9.17) is 23.7 Å². The maximum atomic E-state index is 14.6. The number of aromatic hydroxyl groups is 3. The van der Waals surface area contributed by atoms with Gasteiger partial charge in [-0.15, -0.1) is 0 Å². The van der Waals surface area contributed by atoms with Crippen LogP contribution in [0.15, 0.2) is 58.7 Å². The Kier molecular flexibility index (Phi) is 14.8. The third-order valence-corrected chi connectivity index (χ3v) is 13.6. The van der Waals surface area contributed by atoms with Crippen molar-refractivity contribution in [1.82, 2.24) is 19.2 Å². The first-order valence-electron chi connectivity index (χ1n) is 22.7. The zero-order chi connectivity index (χ0) is 52.1. The zero-order valence-corrected chi connectivity index (χ0v) is 40.2. The molecule has 5 bridgehead atoms. The van der Waals surface area contributed by atoms with Crippen LogP contribution in [0.5, 0.6) is 23.0 Å². The number of fused-ring (bicyclic) bond motifs is 15. The van der Waals surface area contributed by atoms with E-state index in [0.29, 0.717) is 4.68 Å². The summed E-state index contributed by atoms with van der Waals surface area (Å²) < 4.78 is 31.0. The van der Waals surface area contributed by atoms with Crippen LogP contribution < -0.4 is 15.6 Å². The monoisotopic (exact) mass is 990 g/mol. The lowest BCUT2D eigenvalue weighted by molar-refractivity contribution is -0.160. The van der Waals surface area contributed by atoms with Crippen molar-refractivity contribution in [2.45, 2.75) is 110 Å². The molecule has 13 atom stereocenters. The summed E-state index contributed by atoms with van der Waals surface area (Å²) in [6.45, 7) is 11.4. The standard InChI is InChI=1S/C48H58N6O17/c1-19-11-10-12-20(2)45(65)52-32-26(15-51-54-18-50-44-33(46(54)66)49-17-53(44)47-40(63)38(61)28(16-55)70-47)37(60)29-30(39(32)62)36(59)24(6)42-31(29)43(64)48(8,71-42)68-14-13-27(67-9)21(3)41(69-25(7)56)23(5)35(58)22(4)34(19)57/h10-15,17-19,21-23,27-28,34-35,38,40-41,47,55,57-63H,16H2,1-9H3,(H,52,65)/b11-10+,14-13+,20-12-,51-15+/t19-,21+,22+,23+,27-,28+,34-,35+,38+,40+,41+,47+,48-/m0/s1. The molecular formula is C48H58N6O17. The molecule has 0 aliphatic carbocycles. The van der Waals surface area contributed by atoms with Gasteiger partial charge in [0.05, 0.1) is 65.9 Å². The van der Waals surface area contributed by atoms with Crippen molar-refractivity contribution < 1.29 is 78.9 Å². The SMILES string of the molecule is CO[C@H]1/C=C/O[C@@]2(C)Oc3c(C)c(O)c4c(O)c(c(/C=N/n5cnc6c(ncn6[C@@H]6O[C@H](CO)[C@@H](O)[C@H]6O)c5=O)c(O)c4c3C2=O)NC(=O)/C(C)=C\C=C\[C@H](C)[C@H](O)[C@@H](C)[C@@H](O)[C@@H](C)[C@H](OC(C)=O)[C@@H]1C. The Morgan fingerprint density at radius 3 is 2.27 bits per heavy atom. The van der Waals surface area contributed by atoms with Crippen LogP contribution in [0, 0.1) is 30.6 Å². The molecule has 23 heteroatoms. The van der Waals surface area contributed by atoms with E-state index in [1.807, 2.05) is 0 Å². The molecule has 2 aromatic heterocycles. The van der Waals surface area contributed by atoms with Crippen molar-refractivity contribution in [3.63, 3.8) is 0 Å². The first-order chi connectivity index (χ1) is 33.5. The number of imidazole rings is 1. The fraction of sp³-hybridized carbons (Fsp3) is 0.479. The maximum absolute atomic E-state index is 14.6. The number of phenolic OH excluding ortho intramolecular Hbond substituents is 3. The minimum atomic E-state index is -2.19. The first kappa shape index (κ1) is 52.1. The summed E-state index contributed by atoms with van der Waals surface area (Å²) in [5.74, 6) is -9.90. The van der Waals surface area contributed by atoms with Gasteiger partial charge in [0.1, 0.15) is 48.0 Å². The van der Waals surface area contributed by atoms with Crippen LogP contribution >= 0.6 is 0 Å². The molecule has 0 spiro atoms. The Balaban J connectivity index is 1.38. The van der Waals surface area contributed by atoms with Gasteiger partial charge in [0, 0.05) is 61.2 Å². The first-order valence-corrected chi connectivity index (χ1v) is 22.7. The van der Waals surface area contributed by atoms with Crippen molar-refractivity contribution in [2.75, 3.05) is 19.0 Å². The molecule has 1 amide bonds. The third kappa shape index (κ3) is 9.25. The second kappa shape index (κ2) is 20.2. The Hall–Kier alpha value is -6.73. The van der Waals surface area contributed by atoms with Crippen LogP contribution in [0.2, 0.25) is 0 Å². The maximum Gasteiger partial charge on any atom is 0.312 e. The average molecular weight is 991 g/mol. The molecule has 8 rings (SSSR count). The second-order valence-corrected chi connectivity index (χ2v) is 18.3. The Labute approximate surface area is 405 Å². The summed E-state index contributed by atoms with van der Waals surface area (Å²) >= 11 is 0. The number of amides is 1. The molecule has 382 valence electrons. The zero-order valence-electron chi connectivity index (χ0n) is 40.2. The predicted molar refractivity (Wildman–Crippen MR) is 252 cm³/mol. The summed E-state index contributed by atoms with van der Waals surface area (Å²) in [6.07, 6.45) is 0.425. The summed E-state index contributed by atoms with van der Waals surface area (Å²) in [5.41, 5.74) is -2.67. The molecule has 1 fully saturated rings. The number of phenols is 3. The number of rotatable bonds is 6. The summed E-state index contributed by atoms with van der Waals surface area (Å²) in [6, 6.07) is 0. The highest BCUT2D eigenvalue weighted by Gasteiger charge is 2.50. The van der Waals surface area contributed by atoms with E-state index in [9.17, 15) is 60.0 Å². The van der Waals surface area contributed by atoms with Crippen LogP contribution in [0.3, 0.4) is 0 Å². The number of methoxy groups -OCH3 is 1. The third-order valence-electron chi connectivity index (χ3n) is 13.6. The van der Waals surface area contributed by atoms with E-state index in [-0.39, 0.29) is 33.6 Å². The van der Waals surface area contributed by atoms with E-state index in [1.165, 1.54) is 57.6 Å². The minimum Gasteiger partial charge on any atom is -0.507 e. The number of aliphatic hydroxyl groups excluding tert-OH is 5. The molecule has 9 N–H and O–H groups in total. The average Bonchev–Trinajstić information content (AvgIpc) is 3.98. The number of carbonyl (C=O) groups is 3. The topological polar surface area (TPSA) is 336 Å². The van der Waals surface area contributed by atoms with Crippen molar-refractivity contribution in [2.24, 2.45) is 28.8 Å². The summed E-state index contributed by atoms with van der Waals surface area (Å²) in [5, 5.41) is 95.3. The van der Waals surface area contributed by atoms with E-state index in [1.54, 1.807) is 33.8 Å². The van der Waals surface area contributed by atoms with Crippen LogP contribution in [0.25, 0.3) is 21.9 Å². The smallest absolute Gasteiger partial charge is 0.312 e. The number of anilines is 1. The lowest BCUT2D eigenvalue weighted by Crippen LogP contribution is -2.46. The van der Waals surface area contributed by atoms with Gasteiger partial charge in [-0.3, -0.25) is 23.7 Å². The number of esters is 1. The second-order valence-electron chi connectivity index (χ2n) is 18.3. The van der Waals surface area contributed by atoms with Crippen LogP contribution in [0.4, 0.5) is 5.69 Å². The van der Waals surface area contributed by atoms with Gasteiger partial charge in [-0.2, -0.15) is 9.78 Å². The van der Waals surface area contributed by atoms with Crippen molar-refractivity contribution in [1.29, 1.82) is 0 Å². The number of nitrogens with zero attached hydrogens (tertiary/aromatic N) is 5. The number of ketones is 1. The summed E-state index contributed by atoms with van der Waals surface area (Å²) in [7, 11) is 1.39. The van der Waals surface area contributed by atoms with Crippen molar-refractivity contribution in [3.05, 3.63) is 75.8 Å². The van der Waals surface area contributed by atoms with Gasteiger partial charge >= 0.3 is 17.3 Å². The molecular weight excluding hydrogens is 933 g/mol. The Bertz CT molecular complexity index is 2940. The number of aliphatic hydroxyl groups is 5. The highest BCUT2D eigenvalue weighted by molar-refractivity contribution is 6.24. The van der Waals surface area contributed by atoms with Crippen LogP contribution in [-0.2, 0) is 28.5 Å². The van der Waals surface area contributed by atoms with Gasteiger partial charge in [0.15, 0.2) is 23.1 Å². The number of allylic oxidation sites excluding steroid dienone is 2. The lowest BCUT2D eigenvalue weighted by atomic mass is 9.78. The van der Waals surface area contributed by atoms with Crippen LogP contribution in [0.1, 0.15) is 76.2 Å². The lowest BCUT2D eigenvalue weighted by Gasteiger charge is -2.38. The number of ether oxygens (including phenoxy) is 5. The van der Waals surface area contributed by atoms with E-state index >= 15 is 0 Å². The number of carbonyl (C=O) groups excluding carboxylic acids is 3. The van der Waals surface area contributed by atoms with Gasteiger partial charge < -0.3 is 69.9 Å². The molecule has 0 unspecified atom stereocenters. The molecule has 71 heavy (non-hydrogen) atoms. The molecule has 4 aliphatic heterocycles.